The minimum Gasteiger partial charge on any atom is -0.497 e. The van der Waals surface area contributed by atoms with Crippen molar-refractivity contribution in [1.82, 2.24) is 0 Å². The number of anilines is 1. The molecule has 7 nitrogen and oxygen atoms in total. The van der Waals surface area contributed by atoms with Crippen LogP contribution in [-0.4, -0.2) is 33.3 Å². The zero-order chi connectivity index (χ0) is 21.5. The number of carbonyl (C=O) groups excluding carboxylic acids is 2. The highest BCUT2D eigenvalue weighted by atomic mass is 16.5. The van der Waals surface area contributed by atoms with Gasteiger partial charge < -0.3 is 23.8 Å². The largest absolute Gasteiger partial charge is 0.497 e. The molecule has 0 atom stereocenters. The van der Waals surface area contributed by atoms with E-state index < -0.39 is 11.9 Å². The maximum absolute atomic E-state index is 12.6. The van der Waals surface area contributed by atoms with Gasteiger partial charge in [0.25, 0.3) is 0 Å². The van der Waals surface area contributed by atoms with Gasteiger partial charge in [-0.2, -0.15) is 0 Å². The van der Waals surface area contributed by atoms with Gasteiger partial charge in [0, 0.05) is 6.20 Å². The summed E-state index contributed by atoms with van der Waals surface area (Å²) < 4.78 is 21.0. The molecule has 154 valence electrons. The van der Waals surface area contributed by atoms with E-state index in [1.54, 1.807) is 67.9 Å². The average Bonchev–Trinajstić information content (AvgIpc) is 3.02. The molecule has 1 aliphatic rings. The third-order valence-electron chi connectivity index (χ3n) is 4.30. The van der Waals surface area contributed by atoms with Gasteiger partial charge in [-0.15, -0.1) is 0 Å². The highest BCUT2D eigenvalue weighted by molar-refractivity contribution is 6.05. The number of benzene rings is 2. The molecule has 0 radical (unpaired) electrons. The summed E-state index contributed by atoms with van der Waals surface area (Å²) in [6.45, 7) is 0. The van der Waals surface area contributed by atoms with E-state index in [2.05, 4.69) is 0 Å². The number of hydrogen-bond donors (Lipinski definition) is 0. The van der Waals surface area contributed by atoms with Crippen LogP contribution in [0.5, 0.6) is 17.2 Å². The number of hydrogen-bond acceptors (Lipinski definition) is 7. The van der Waals surface area contributed by atoms with E-state index in [0.717, 1.165) is 0 Å². The maximum Gasteiger partial charge on any atom is 0.355 e. The Morgan fingerprint density at radius 1 is 0.800 bits per heavy atom. The van der Waals surface area contributed by atoms with Crippen molar-refractivity contribution in [2.75, 3.05) is 26.2 Å². The van der Waals surface area contributed by atoms with Crippen molar-refractivity contribution in [3.05, 3.63) is 84.2 Å². The molecule has 7 heteroatoms. The number of allylic oxidation sites excluding steroid dienone is 2. The van der Waals surface area contributed by atoms with E-state index in [4.69, 9.17) is 18.9 Å². The summed E-state index contributed by atoms with van der Waals surface area (Å²) in [5, 5.41) is 0. The highest BCUT2D eigenvalue weighted by Gasteiger charge is 2.28. The first-order chi connectivity index (χ1) is 14.6. The number of methoxy groups -OCH3 is 3. The van der Waals surface area contributed by atoms with E-state index in [1.165, 1.54) is 25.2 Å². The highest BCUT2D eigenvalue weighted by Crippen LogP contribution is 2.36. The number of nitrogens with zero attached hydrogens (tertiary/aromatic N) is 1. The molecular weight excluding hydrogens is 386 g/mol. The van der Waals surface area contributed by atoms with Crippen LogP contribution in [0.25, 0.3) is 0 Å². The van der Waals surface area contributed by atoms with Crippen LogP contribution < -0.4 is 14.4 Å². The molecule has 0 aliphatic carbocycles. The molecule has 0 saturated heterocycles. The molecule has 0 fully saturated rings. The lowest BCUT2D eigenvalue weighted by atomic mass is 10.1. The van der Waals surface area contributed by atoms with Crippen molar-refractivity contribution in [2.45, 2.75) is 0 Å². The third kappa shape index (κ3) is 4.35. The molecule has 1 heterocycles. The summed E-state index contributed by atoms with van der Waals surface area (Å²) in [6.07, 6.45) is 6.49. The van der Waals surface area contributed by atoms with Crippen LogP contribution in [0.2, 0.25) is 0 Å². The van der Waals surface area contributed by atoms with Crippen molar-refractivity contribution in [1.29, 1.82) is 0 Å². The lowest BCUT2D eigenvalue weighted by Crippen LogP contribution is -2.27. The maximum atomic E-state index is 12.6. The quantitative estimate of drug-likeness (QED) is 0.671. The molecule has 3 rings (SSSR count). The standard InChI is InChI=1S/C23H21NO6/c1-27-16-11-13-17(14-12-16)30-20-10-5-4-9-19(20)24-15-7-6-8-18(22(25)28-2)21(24)23(26)29-3/h4-15H,1-3H3. The van der Waals surface area contributed by atoms with Gasteiger partial charge in [0.15, 0.2) is 5.75 Å². The molecule has 30 heavy (non-hydrogen) atoms. The molecule has 0 saturated carbocycles. The second kappa shape index (κ2) is 9.47. The molecule has 0 amide bonds. The van der Waals surface area contributed by atoms with E-state index in [0.29, 0.717) is 22.9 Å². The minimum absolute atomic E-state index is 0.0140. The van der Waals surface area contributed by atoms with Crippen LogP contribution in [0.3, 0.4) is 0 Å². The molecule has 0 unspecified atom stereocenters. The van der Waals surface area contributed by atoms with Crippen LogP contribution in [0, 0.1) is 0 Å². The predicted octanol–water partition coefficient (Wildman–Crippen LogP) is 3.98. The van der Waals surface area contributed by atoms with E-state index >= 15 is 0 Å². The molecular formula is C23H21NO6. The summed E-state index contributed by atoms with van der Waals surface area (Å²) >= 11 is 0. The molecule has 1 aliphatic heterocycles. The molecule has 0 spiro atoms. The number of esters is 2. The fraction of sp³-hybridized carbons (Fsp3) is 0.130. The van der Waals surface area contributed by atoms with Gasteiger partial charge in [0.05, 0.1) is 32.6 Å². The van der Waals surface area contributed by atoms with Crippen molar-refractivity contribution in [3.8, 4) is 17.2 Å². The Labute approximate surface area is 174 Å². The van der Waals surface area contributed by atoms with E-state index in [9.17, 15) is 9.59 Å². The van der Waals surface area contributed by atoms with Crippen LogP contribution in [-0.2, 0) is 19.1 Å². The molecule has 0 aromatic heterocycles. The Morgan fingerprint density at radius 3 is 2.13 bits per heavy atom. The van der Waals surface area contributed by atoms with Gasteiger partial charge in [0.1, 0.15) is 17.2 Å². The van der Waals surface area contributed by atoms with Gasteiger partial charge in [-0.3, -0.25) is 0 Å². The molecule has 0 bridgehead atoms. The van der Waals surface area contributed by atoms with E-state index in [1.807, 2.05) is 6.07 Å². The van der Waals surface area contributed by atoms with E-state index in [-0.39, 0.29) is 11.3 Å². The first-order valence-electron chi connectivity index (χ1n) is 9.05. The van der Waals surface area contributed by atoms with Crippen molar-refractivity contribution >= 4 is 17.6 Å². The lowest BCUT2D eigenvalue weighted by molar-refractivity contribution is -0.139. The Balaban J connectivity index is 2.08. The zero-order valence-corrected chi connectivity index (χ0v) is 16.8. The predicted molar refractivity (Wildman–Crippen MR) is 111 cm³/mol. The van der Waals surface area contributed by atoms with Crippen molar-refractivity contribution in [3.63, 3.8) is 0 Å². The van der Waals surface area contributed by atoms with Crippen LogP contribution in [0.4, 0.5) is 5.69 Å². The van der Waals surface area contributed by atoms with Gasteiger partial charge in [-0.05, 0) is 48.6 Å². The Bertz CT molecular complexity index is 1020. The molecule has 2 aromatic carbocycles. The topological polar surface area (TPSA) is 74.3 Å². The van der Waals surface area contributed by atoms with Crippen LogP contribution >= 0.6 is 0 Å². The third-order valence-corrected chi connectivity index (χ3v) is 4.30. The second-order valence-corrected chi connectivity index (χ2v) is 6.06. The van der Waals surface area contributed by atoms with Gasteiger partial charge >= 0.3 is 11.9 Å². The summed E-state index contributed by atoms with van der Waals surface area (Å²) in [6, 6.07) is 14.2. The van der Waals surface area contributed by atoms with Gasteiger partial charge in [-0.1, -0.05) is 18.2 Å². The summed E-state index contributed by atoms with van der Waals surface area (Å²) in [5.74, 6) is 0.410. The van der Waals surface area contributed by atoms with Gasteiger partial charge in [-0.25, -0.2) is 9.59 Å². The fourth-order valence-corrected chi connectivity index (χ4v) is 2.86. The van der Waals surface area contributed by atoms with Gasteiger partial charge in [0.2, 0.25) is 0 Å². The lowest BCUT2D eigenvalue weighted by Gasteiger charge is -2.25. The number of carbonyl (C=O) groups is 2. The Morgan fingerprint density at radius 2 is 1.47 bits per heavy atom. The Kier molecular flexibility index (Phi) is 6.54. The van der Waals surface area contributed by atoms with Crippen molar-refractivity contribution in [2.24, 2.45) is 0 Å². The second-order valence-electron chi connectivity index (χ2n) is 6.06. The van der Waals surface area contributed by atoms with Crippen LogP contribution in [0.1, 0.15) is 0 Å². The Hall–Kier alpha value is -4.00. The number of ether oxygens (including phenoxy) is 4. The summed E-state index contributed by atoms with van der Waals surface area (Å²) in [4.78, 5) is 26.5. The molecule has 0 N–H and O–H groups in total. The normalized spacial score (nSPS) is 13.0. The first kappa shape index (κ1) is 20.7. The summed E-state index contributed by atoms with van der Waals surface area (Å²) in [7, 11) is 4.09. The number of rotatable bonds is 6. The fourth-order valence-electron chi connectivity index (χ4n) is 2.86. The zero-order valence-electron chi connectivity index (χ0n) is 16.8. The SMILES string of the molecule is COC(=O)C1=C(C(=O)OC)N(c2ccccc2Oc2ccc(OC)cc2)C=CC=C1. The van der Waals surface area contributed by atoms with Crippen LogP contribution in [0.15, 0.2) is 84.2 Å². The smallest absolute Gasteiger partial charge is 0.355 e. The minimum atomic E-state index is -0.689. The molecule has 2 aromatic rings. The first-order valence-corrected chi connectivity index (χ1v) is 9.05. The summed E-state index contributed by atoms with van der Waals surface area (Å²) in [5.41, 5.74) is 0.615. The van der Waals surface area contributed by atoms with Crippen molar-refractivity contribution < 1.29 is 28.5 Å². The average molecular weight is 407 g/mol. The number of para-hydroxylation sites is 2. The monoisotopic (exact) mass is 407 g/mol.